The van der Waals surface area contributed by atoms with Crippen LogP contribution in [0.5, 0.6) is 0 Å². The monoisotopic (exact) mass is 206 g/mol. The zero-order chi connectivity index (χ0) is 11.8. The third kappa shape index (κ3) is 3.08. The van der Waals surface area contributed by atoms with Crippen molar-refractivity contribution in [1.82, 2.24) is 9.55 Å². The second-order valence-corrected chi connectivity index (χ2v) is 2.76. The van der Waals surface area contributed by atoms with Gasteiger partial charge in [0.05, 0.1) is 0 Å². The maximum atomic E-state index is 4.26. The summed E-state index contributed by atoms with van der Waals surface area (Å²) in [7, 11) is 2.03. The number of aryl methyl sites for hydroxylation is 2. The minimum Gasteiger partial charge on any atom is -0.333 e. The molecule has 2 rings (SSSR count). The maximum absolute atomic E-state index is 4.26. The molecule has 2 heteroatoms. The SMILES string of the molecule is CC.CC.Cc1cc2cccnc2n1C. The van der Waals surface area contributed by atoms with Crippen LogP contribution in [0.15, 0.2) is 24.4 Å². The van der Waals surface area contributed by atoms with Gasteiger partial charge in [-0.05, 0) is 25.1 Å². The summed E-state index contributed by atoms with van der Waals surface area (Å²) in [5, 5.41) is 1.22. The Labute approximate surface area is 93.0 Å². The molecule has 0 aliphatic heterocycles. The fourth-order valence-corrected chi connectivity index (χ4v) is 1.29. The van der Waals surface area contributed by atoms with Crippen molar-refractivity contribution in [3.05, 3.63) is 30.1 Å². The molecular weight excluding hydrogens is 184 g/mol. The van der Waals surface area contributed by atoms with Crippen LogP contribution in [-0.2, 0) is 7.05 Å². The van der Waals surface area contributed by atoms with Crippen LogP contribution in [-0.4, -0.2) is 9.55 Å². The Morgan fingerprint density at radius 2 is 1.73 bits per heavy atom. The van der Waals surface area contributed by atoms with Crippen LogP contribution in [0.2, 0.25) is 0 Å². The minimum absolute atomic E-state index is 1.06. The zero-order valence-electron chi connectivity index (χ0n) is 10.7. The Bertz CT molecular complexity index is 388. The molecule has 0 aromatic carbocycles. The van der Waals surface area contributed by atoms with Crippen molar-refractivity contribution in [2.24, 2.45) is 7.05 Å². The molecular formula is C13H22N2. The number of pyridine rings is 1. The molecule has 0 aliphatic carbocycles. The van der Waals surface area contributed by atoms with Gasteiger partial charge in [0.1, 0.15) is 5.65 Å². The first-order valence-corrected chi connectivity index (χ1v) is 5.66. The summed E-state index contributed by atoms with van der Waals surface area (Å²) in [5.41, 5.74) is 2.31. The average Bonchev–Trinajstić information content (AvgIpc) is 2.61. The van der Waals surface area contributed by atoms with Crippen molar-refractivity contribution in [2.45, 2.75) is 34.6 Å². The molecule has 15 heavy (non-hydrogen) atoms. The first-order chi connectivity index (χ1) is 7.29. The van der Waals surface area contributed by atoms with Gasteiger partial charge in [-0.2, -0.15) is 0 Å². The molecule has 0 saturated heterocycles. The van der Waals surface area contributed by atoms with Gasteiger partial charge in [0.25, 0.3) is 0 Å². The summed E-state index contributed by atoms with van der Waals surface area (Å²) in [6.45, 7) is 10.1. The highest BCUT2D eigenvalue weighted by molar-refractivity contribution is 5.76. The number of rotatable bonds is 0. The van der Waals surface area contributed by atoms with E-state index in [9.17, 15) is 0 Å². The van der Waals surface area contributed by atoms with Crippen LogP contribution in [0, 0.1) is 6.92 Å². The second kappa shape index (κ2) is 7.04. The number of hydrogen-bond donors (Lipinski definition) is 0. The van der Waals surface area contributed by atoms with E-state index >= 15 is 0 Å². The van der Waals surface area contributed by atoms with Crippen molar-refractivity contribution in [3.63, 3.8) is 0 Å². The Balaban J connectivity index is 0.000000442. The van der Waals surface area contributed by atoms with Crippen molar-refractivity contribution >= 4 is 11.0 Å². The van der Waals surface area contributed by atoms with E-state index in [2.05, 4.69) is 28.6 Å². The molecule has 0 aliphatic rings. The molecule has 0 spiro atoms. The van der Waals surface area contributed by atoms with Crippen LogP contribution >= 0.6 is 0 Å². The third-order valence-electron chi connectivity index (χ3n) is 2.03. The van der Waals surface area contributed by atoms with Gasteiger partial charge in [-0.3, -0.25) is 0 Å². The van der Waals surface area contributed by atoms with E-state index in [1.165, 1.54) is 11.1 Å². The molecule has 0 unspecified atom stereocenters. The van der Waals surface area contributed by atoms with Crippen LogP contribution in [0.1, 0.15) is 33.4 Å². The first-order valence-electron chi connectivity index (χ1n) is 5.66. The van der Waals surface area contributed by atoms with Gasteiger partial charge in [-0.15, -0.1) is 0 Å². The number of hydrogen-bond acceptors (Lipinski definition) is 1. The van der Waals surface area contributed by atoms with Gasteiger partial charge in [0.2, 0.25) is 0 Å². The topological polar surface area (TPSA) is 17.8 Å². The zero-order valence-corrected chi connectivity index (χ0v) is 10.7. The molecule has 0 radical (unpaired) electrons. The maximum Gasteiger partial charge on any atom is 0.139 e. The van der Waals surface area contributed by atoms with Crippen LogP contribution in [0.25, 0.3) is 11.0 Å². The number of aromatic nitrogens is 2. The highest BCUT2D eigenvalue weighted by Gasteiger charge is 1.99. The quantitative estimate of drug-likeness (QED) is 0.638. The van der Waals surface area contributed by atoms with Crippen molar-refractivity contribution in [3.8, 4) is 0 Å². The molecule has 0 fully saturated rings. The normalized spacial score (nSPS) is 8.67. The van der Waals surface area contributed by atoms with Crippen LogP contribution < -0.4 is 0 Å². The van der Waals surface area contributed by atoms with Gasteiger partial charge >= 0.3 is 0 Å². The van der Waals surface area contributed by atoms with E-state index in [1.54, 1.807) is 0 Å². The molecule has 0 amide bonds. The average molecular weight is 206 g/mol. The lowest BCUT2D eigenvalue weighted by atomic mass is 10.3. The standard InChI is InChI=1S/C9H10N2.2C2H6/c1-7-6-8-4-3-5-10-9(8)11(7)2;2*1-2/h3-6H,1-2H3;2*1-2H3. The predicted molar refractivity (Wildman–Crippen MR) is 68.1 cm³/mol. The highest BCUT2D eigenvalue weighted by Crippen LogP contribution is 2.14. The fourth-order valence-electron chi connectivity index (χ4n) is 1.29. The second-order valence-electron chi connectivity index (χ2n) is 2.76. The lowest BCUT2D eigenvalue weighted by molar-refractivity contribution is 0.902. The Kier molecular flexibility index (Phi) is 6.43. The summed E-state index contributed by atoms with van der Waals surface area (Å²) < 4.78 is 2.09. The van der Waals surface area contributed by atoms with Gasteiger partial charge in [-0.25, -0.2) is 4.98 Å². The smallest absolute Gasteiger partial charge is 0.139 e. The van der Waals surface area contributed by atoms with Gasteiger partial charge in [-0.1, -0.05) is 27.7 Å². The van der Waals surface area contributed by atoms with Gasteiger partial charge in [0, 0.05) is 24.3 Å². The molecule has 2 aromatic heterocycles. The largest absolute Gasteiger partial charge is 0.333 e. The summed E-state index contributed by atoms with van der Waals surface area (Å²) in [6.07, 6.45) is 1.82. The van der Waals surface area contributed by atoms with E-state index in [4.69, 9.17) is 0 Å². The van der Waals surface area contributed by atoms with Crippen LogP contribution in [0.4, 0.5) is 0 Å². The summed E-state index contributed by atoms with van der Waals surface area (Å²) in [6, 6.07) is 6.18. The molecule has 2 heterocycles. The van der Waals surface area contributed by atoms with E-state index in [0.717, 1.165) is 5.65 Å². The number of nitrogens with zero attached hydrogens (tertiary/aromatic N) is 2. The Hall–Kier alpha value is -1.31. The molecule has 0 bridgehead atoms. The Morgan fingerprint density at radius 1 is 1.13 bits per heavy atom. The van der Waals surface area contributed by atoms with Crippen LogP contribution in [0.3, 0.4) is 0 Å². The molecule has 2 aromatic rings. The van der Waals surface area contributed by atoms with E-state index in [1.807, 2.05) is 47.0 Å². The van der Waals surface area contributed by atoms with Gasteiger partial charge < -0.3 is 4.57 Å². The third-order valence-corrected chi connectivity index (χ3v) is 2.03. The Morgan fingerprint density at radius 3 is 2.27 bits per heavy atom. The molecule has 2 nitrogen and oxygen atoms in total. The van der Waals surface area contributed by atoms with E-state index in [0.29, 0.717) is 0 Å². The lowest BCUT2D eigenvalue weighted by Crippen LogP contribution is -1.90. The van der Waals surface area contributed by atoms with E-state index in [-0.39, 0.29) is 0 Å². The van der Waals surface area contributed by atoms with E-state index < -0.39 is 0 Å². The lowest BCUT2D eigenvalue weighted by Gasteiger charge is -1.95. The molecule has 0 N–H and O–H groups in total. The first kappa shape index (κ1) is 13.7. The highest BCUT2D eigenvalue weighted by atomic mass is 15.0. The summed E-state index contributed by atoms with van der Waals surface area (Å²) in [5.74, 6) is 0. The molecule has 0 atom stereocenters. The van der Waals surface area contributed by atoms with Crippen molar-refractivity contribution in [2.75, 3.05) is 0 Å². The summed E-state index contributed by atoms with van der Waals surface area (Å²) >= 11 is 0. The molecule has 84 valence electrons. The number of fused-ring (bicyclic) bond motifs is 1. The van der Waals surface area contributed by atoms with Crippen molar-refractivity contribution in [1.29, 1.82) is 0 Å². The van der Waals surface area contributed by atoms with Gasteiger partial charge in [0.15, 0.2) is 0 Å². The molecule has 0 saturated carbocycles. The predicted octanol–water partition coefficient (Wildman–Crippen LogP) is 3.93. The minimum atomic E-state index is 1.06. The fraction of sp³-hybridized carbons (Fsp3) is 0.462. The van der Waals surface area contributed by atoms with Crippen molar-refractivity contribution < 1.29 is 0 Å². The summed E-state index contributed by atoms with van der Waals surface area (Å²) in [4.78, 5) is 4.26.